The molecule has 2 aromatic carbocycles. The van der Waals surface area contributed by atoms with Crippen LogP contribution in [0.5, 0.6) is 5.75 Å². The zero-order chi connectivity index (χ0) is 23.2. The van der Waals surface area contributed by atoms with Crippen molar-refractivity contribution in [3.05, 3.63) is 99.8 Å². The molecule has 0 spiro atoms. The average Bonchev–Trinajstić information content (AvgIpc) is 3.35. The van der Waals surface area contributed by atoms with Crippen LogP contribution in [-0.4, -0.2) is 41.1 Å². The summed E-state index contributed by atoms with van der Waals surface area (Å²) in [5.41, 5.74) is 8.67. The van der Waals surface area contributed by atoms with E-state index in [0.717, 1.165) is 62.4 Å². The van der Waals surface area contributed by atoms with Crippen molar-refractivity contribution in [1.29, 1.82) is 0 Å². The van der Waals surface area contributed by atoms with Gasteiger partial charge in [-0.25, -0.2) is 0 Å². The second-order valence-electron chi connectivity index (χ2n) is 8.63. The molecule has 0 unspecified atom stereocenters. The van der Waals surface area contributed by atoms with Gasteiger partial charge in [-0.1, -0.05) is 48.6 Å². The maximum Gasteiger partial charge on any atom is 0.116 e. The summed E-state index contributed by atoms with van der Waals surface area (Å²) in [6.45, 7) is 13.7. The van der Waals surface area contributed by atoms with Crippen molar-refractivity contribution < 1.29 is 5.11 Å². The van der Waals surface area contributed by atoms with E-state index in [1.165, 1.54) is 22.3 Å². The number of rotatable bonds is 8. The Bertz CT molecular complexity index is 1080. The summed E-state index contributed by atoms with van der Waals surface area (Å²) >= 11 is 1.77. The number of phenols is 1. The fourth-order valence-corrected chi connectivity index (χ4v) is 5.39. The van der Waals surface area contributed by atoms with Crippen molar-refractivity contribution in [2.45, 2.75) is 33.2 Å². The van der Waals surface area contributed by atoms with E-state index in [4.69, 9.17) is 0 Å². The van der Waals surface area contributed by atoms with Crippen LogP contribution in [0.3, 0.4) is 0 Å². The van der Waals surface area contributed by atoms with Crippen LogP contribution in [0, 0.1) is 0 Å². The molecule has 0 saturated carbocycles. The van der Waals surface area contributed by atoms with Gasteiger partial charge in [0.1, 0.15) is 5.75 Å². The molecule has 4 rings (SSSR count). The van der Waals surface area contributed by atoms with Crippen molar-refractivity contribution >= 4 is 22.6 Å². The van der Waals surface area contributed by atoms with Gasteiger partial charge in [-0.2, -0.15) is 11.3 Å². The van der Waals surface area contributed by atoms with E-state index in [-0.39, 0.29) is 0 Å². The zero-order valence-corrected chi connectivity index (χ0v) is 20.6. The number of likely N-dealkylation sites (tertiary alicyclic amines) is 1. The largest absolute Gasteiger partial charge is 0.508 e. The van der Waals surface area contributed by atoms with Crippen LogP contribution in [0.2, 0.25) is 0 Å². The fraction of sp³-hybridized carbons (Fsp3) is 0.310. The van der Waals surface area contributed by atoms with E-state index in [1.54, 1.807) is 17.4 Å². The molecule has 172 valence electrons. The number of thiophene rings is 1. The van der Waals surface area contributed by atoms with Crippen LogP contribution in [-0.2, 0) is 6.54 Å². The highest BCUT2D eigenvalue weighted by molar-refractivity contribution is 7.07. The summed E-state index contributed by atoms with van der Waals surface area (Å²) in [4.78, 5) is 4.83. The van der Waals surface area contributed by atoms with Gasteiger partial charge in [0, 0.05) is 38.4 Å². The average molecular weight is 459 g/mol. The molecule has 0 aliphatic carbocycles. The SMILES string of the molecule is C=C(c1ccc(C(=C2CCN(Cc3ccsc3)CC2)c2cccc(O)c2)cc1)N(CC)CC. The Labute approximate surface area is 202 Å². The Balaban J connectivity index is 1.62. The number of hydrogen-bond acceptors (Lipinski definition) is 4. The summed E-state index contributed by atoms with van der Waals surface area (Å²) < 4.78 is 0. The number of hydrogen-bond donors (Lipinski definition) is 1. The monoisotopic (exact) mass is 458 g/mol. The molecule has 1 aliphatic rings. The predicted molar refractivity (Wildman–Crippen MR) is 141 cm³/mol. The number of benzene rings is 2. The zero-order valence-electron chi connectivity index (χ0n) is 19.8. The van der Waals surface area contributed by atoms with E-state index in [0.29, 0.717) is 5.75 Å². The summed E-state index contributed by atoms with van der Waals surface area (Å²) in [7, 11) is 0. The van der Waals surface area contributed by atoms with E-state index in [9.17, 15) is 5.11 Å². The van der Waals surface area contributed by atoms with Gasteiger partial charge in [0.15, 0.2) is 0 Å². The molecule has 1 saturated heterocycles. The first-order valence-corrected chi connectivity index (χ1v) is 12.8. The minimum absolute atomic E-state index is 0.312. The third-order valence-corrected chi connectivity index (χ3v) is 7.32. The Kier molecular flexibility index (Phi) is 7.69. The topological polar surface area (TPSA) is 26.7 Å². The molecule has 1 aromatic heterocycles. The minimum Gasteiger partial charge on any atom is -0.508 e. The lowest BCUT2D eigenvalue weighted by molar-refractivity contribution is 0.249. The van der Waals surface area contributed by atoms with Crippen LogP contribution in [0.1, 0.15) is 48.9 Å². The first-order valence-electron chi connectivity index (χ1n) is 11.9. The molecule has 1 fully saturated rings. The summed E-state index contributed by atoms with van der Waals surface area (Å²) in [6, 6.07) is 18.7. The van der Waals surface area contributed by atoms with Crippen LogP contribution < -0.4 is 0 Å². The fourth-order valence-electron chi connectivity index (χ4n) is 4.73. The van der Waals surface area contributed by atoms with Gasteiger partial charge in [-0.3, -0.25) is 4.90 Å². The molecule has 0 radical (unpaired) electrons. The Morgan fingerprint density at radius 2 is 1.67 bits per heavy atom. The van der Waals surface area contributed by atoms with Crippen molar-refractivity contribution in [2.75, 3.05) is 26.2 Å². The molecule has 2 heterocycles. The number of phenolic OH excluding ortho intramolecular Hbond substituents is 1. The smallest absolute Gasteiger partial charge is 0.116 e. The maximum absolute atomic E-state index is 10.2. The molecule has 3 nitrogen and oxygen atoms in total. The first kappa shape index (κ1) is 23.3. The number of nitrogens with zero attached hydrogens (tertiary/aromatic N) is 2. The molecule has 4 heteroatoms. The van der Waals surface area contributed by atoms with Crippen molar-refractivity contribution in [1.82, 2.24) is 9.80 Å². The lowest BCUT2D eigenvalue weighted by Gasteiger charge is -2.30. The van der Waals surface area contributed by atoms with Gasteiger partial charge in [0.05, 0.1) is 0 Å². The standard InChI is InChI=1S/C29H34N2OS/c1-4-31(5-2)22(3)24-9-11-25(12-10-24)29(27-7-6-8-28(32)19-27)26-13-16-30(17-14-26)20-23-15-18-33-21-23/h6-12,15,18-19,21,32H,3-5,13-14,16-17,20H2,1-2H3. The molecular formula is C29H34N2OS. The molecule has 0 amide bonds. The van der Waals surface area contributed by atoms with Crippen molar-refractivity contribution in [3.63, 3.8) is 0 Å². The lowest BCUT2D eigenvalue weighted by atomic mass is 9.87. The second-order valence-corrected chi connectivity index (χ2v) is 9.41. The van der Waals surface area contributed by atoms with Gasteiger partial charge in [0.2, 0.25) is 0 Å². The lowest BCUT2D eigenvalue weighted by Crippen LogP contribution is -2.30. The summed E-state index contributed by atoms with van der Waals surface area (Å²) in [5, 5.41) is 14.6. The third-order valence-electron chi connectivity index (χ3n) is 6.59. The van der Waals surface area contributed by atoms with Crippen LogP contribution in [0.4, 0.5) is 0 Å². The van der Waals surface area contributed by atoms with Crippen LogP contribution in [0.15, 0.2) is 77.5 Å². The molecular weight excluding hydrogens is 424 g/mol. The Morgan fingerprint density at radius 1 is 0.970 bits per heavy atom. The highest BCUT2D eigenvalue weighted by atomic mass is 32.1. The Morgan fingerprint density at radius 3 is 2.27 bits per heavy atom. The van der Waals surface area contributed by atoms with Gasteiger partial charge in [-0.15, -0.1) is 0 Å². The van der Waals surface area contributed by atoms with Gasteiger partial charge in [0.25, 0.3) is 0 Å². The minimum atomic E-state index is 0.312. The molecule has 3 aromatic rings. The molecule has 0 atom stereocenters. The van der Waals surface area contributed by atoms with Crippen LogP contribution >= 0.6 is 11.3 Å². The van der Waals surface area contributed by atoms with Crippen LogP contribution in [0.25, 0.3) is 11.3 Å². The summed E-state index contributed by atoms with van der Waals surface area (Å²) in [5.74, 6) is 0.312. The van der Waals surface area contributed by atoms with E-state index in [1.807, 2.05) is 12.1 Å². The number of aromatic hydroxyl groups is 1. The van der Waals surface area contributed by atoms with E-state index in [2.05, 4.69) is 77.4 Å². The quantitative estimate of drug-likeness (QED) is 0.399. The van der Waals surface area contributed by atoms with Gasteiger partial charge < -0.3 is 10.0 Å². The second kappa shape index (κ2) is 10.9. The molecule has 1 N–H and O–H groups in total. The Hall–Kier alpha value is -2.82. The molecule has 1 aliphatic heterocycles. The maximum atomic E-state index is 10.2. The third kappa shape index (κ3) is 5.58. The van der Waals surface area contributed by atoms with Gasteiger partial charge in [-0.05, 0) is 83.5 Å². The molecule has 33 heavy (non-hydrogen) atoms. The predicted octanol–water partition coefficient (Wildman–Crippen LogP) is 6.86. The van der Waals surface area contributed by atoms with E-state index < -0.39 is 0 Å². The first-order chi connectivity index (χ1) is 16.1. The molecule has 0 bridgehead atoms. The van der Waals surface area contributed by atoms with E-state index >= 15 is 0 Å². The highest BCUT2D eigenvalue weighted by Gasteiger charge is 2.20. The van der Waals surface area contributed by atoms with Crippen molar-refractivity contribution in [2.24, 2.45) is 0 Å². The van der Waals surface area contributed by atoms with Crippen molar-refractivity contribution in [3.8, 4) is 5.75 Å². The highest BCUT2D eigenvalue weighted by Crippen LogP contribution is 2.34. The number of piperidine rings is 1. The summed E-state index contributed by atoms with van der Waals surface area (Å²) in [6.07, 6.45) is 2.09. The normalized spacial score (nSPS) is 14.3. The van der Waals surface area contributed by atoms with Gasteiger partial charge >= 0.3 is 0 Å².